The number of nitrogens with zero attached hydrogens (tertiary/aromatic N) is 2. The minimum absolute atomic E-state index is 0.0606. The van der Waals surface area contributed by atoms with Crippen LogP contribution in [-0.2, 0) is 16.1 Å². The van der Waals surface area contributed by atoms with E-state index < -0.39 is 0 Å². The van der Waals surface area contributed by atoms with Gasteiger partial charge in [-0.2, -0.15) is 0 Å². The molecule has 1 amide bonds. The molecule has 0 saturated heterocycles. The lowest BCUT2D eigenvalue weighted by atomic mass is 10.2. The van der Waals surface area contributed by atoms with Gasteiger partial charge >= 0.3 is 0 Å². The molecule has 1 unspecified atom stereocenters. The van der Waals surface area contributed by atoms with Crippen molar-refractivity contribution in [2.24, 2.45) is 0 Å². The fourth-order valence-corrected chi connectivity index (χ4v) is 3.57. The van der Waals surface area contributed by atoms with E-state index in [1.807, 2.05) is 37.3 Å². The van der Waals surface area contributed by atoms with Crippen LogP contribution in [0.2, 0.25) is 0 Å². The van der Waals surface area contributed by atoms with Gasteiger partial charge in [0.2, 0.25) is 5.91 Å². The molecule has 0 bridgehead atoms. The summed E-state index contributed by atoms with van der Waals surface area (Å²) in [5, 5.41) is 7.42. The molecule has 0 radical (unpaired) electrons. The summed E-state index contributed by atoms with van der Waals surface area (Å²) >= 11 is 1.37. The molecule has 0 fully saturated rings. The Hall–Kier alpha value is -2.58. The van der Waals surface area contributed by atoms with Crippen molar-refractivity contribution < 1.29 is 13.9 Å². The number of furan rings is 1. The van der Waals surface area contributed by atoms with Crippen LogP contribution in [0.25, 0.3) is 10.9 Å². The number of nitrogens with one attached hydrogen (secondary N) is 2. The molecule has 7 nitrogen and oxygen atoms in total. The molecule has 3 aromatic rings. The summed E-state index contributed by atoms with van der Waals surface area (Å²) in [7, 11) is 1.66. The molecular formula is C20H24N4O3S. The van der Waals surface area contributed by atoms with Crippen molar-refractivity contribution in [1.82, 2.24) is 15.3 Å². The SMILES string of the molecule is CCC(Sc1nc(NCCOC)c2ccccc2n1)C(=O)NCc1ccco1. The lowest BCUT2D eigenvalue weighted by Crippen LogP contribution is -2.31. The molecule has 0 aliphatic carbocycles. The molecule has 0 aliphatic heterocycles. The highest BCUT2D eigenvalue weighted by Gasteiger charge is 2.20. The zero-order valence-electron chi connectivity index (χ0n) is 16.0. The van der Waals surface area contributed by atoms with Crippen LogP contribution >= 0.6 is 11.8 Å². The van der Waals surface area contributed by atoms with E-state index in [1.54, 1.807) is 19.4 Å². The maximum absolute atomic E-state index is 12.6. The number of aromatic nitrogens is 2. The van der Waals surface area contributed by atoms with Gasteiger partial charge in [-0.15, -0.1) is 0 Å². The number of hydrogen-bond acceptors (Lipinski definition) is 7. The summed E-state index contributed by atoms with van der Waals surface area (Å²) in [6.07, 6.45) is 2.26. The van der Waals surface area contributed by atoms with E-state index in [9.17, 15) is 4.79 Å². The number of carbonyl (C=O) groups is 1. The quantitative estimate of drug-likeness (QED) is 0.306. The molecule has 0 saturated carbocycles. The number of ether oxygens (including phenoxy) is 1. The molecule has 0 spiro atoms. The Morgan fingerprint density at radius 3 is 2.86 bits per heavy atom. The molecular weight excluding hydrogens is 376 g/mol. The Morgan fingerprint density at radius 2 is 2.11 bits per heavy atom. The van der Waals surface area contributed by atoms with E-state index in [-0.39, 0.29) is 11.2 Å². The van der Waals surface area contributed by atoms with Crippen LogP contribution in [-0.4, -0.2) is 41.4 Å². The first kappa shape index (κ1) is 20.2. The normalized spacial score (nSPS) is 12.1. The summed E-state index contributed by atoms with van der Waals surface area (Å²) < 4.78 is 10.4. The predicted octanol–water partition coefficient (Wildman–Crippen LogP) is 3.47. The molecule has 1 atom stereocenters. The van der Waals surface area contributed by atoms with Crippen LogP contribution in [0.1, 0.15) is 19.1 Å². The van der Waals surface area contributed by atoms with E-state index in [4.69, 9.17) is 9.15 Å². The second kappa shape index (κ2) is 10.1. The average Bonchev–Trinajstić information content (AvgIpc) is 3.24. The standard InChI is InChI=1S/C20H24N4O3S/c1-3-17(19(25)22-13-14-7-6-11-27-14)28-20-23-16-9-5-4-8-15(16)18(24-20)21-10-12-26-2/h4-9,11,17H,3,10,12-13H2,1-2H3,(H,22,25)(H,21,23,24). The maximum Gasteiger partial charge on any atom is 0.233 e. The Bertz CT molecular complexity index is 902. The first-order chi connectivity index (χ1) is 13.7. The van der Waals surface area contributed by atoms with Gasteiger partial charge in [0, 0.05) is 19.0 Å². The zero-order valence-corrected chi connectivity index (χ0v) is 16.8. The van der Waals surface area contributed by atoms with Crippen molar-refractivity contribution >= 4 is 34.4 Å². The van der Waals surface area contributed by atoms with Gasteiger partial charge in [0.15, 0.2) is 5.16 Å². The number of amides is 1. The van der Waals surface area contributed by atoms with Crippen LogP contribution in [0.5, 0.6) is 0 Å². The number of rotatable bonds is 10. The minimum Gasteiger partial charge on any atom is -0.467 e. The number of benzene rings is 1. The van der Waals surface area contributed by atoms with Gasteiger partial charge in [0.05, 0.1) is 30.2 Å². The second-order valence-corrected chi connectivity index (χ2v) is 7.27. The monoisotopic (exact) mass is 400 g/mol. The summed E-state index contributed by atoms with van der Waals surface area (Å²) in [6.45, 7) is 3.56. The molecule has 2 heterocycles. The fourth-order valence-electron chi connectivity index (χ4n) is 2.66. The van der Waals surface area contributed by atoms with Crippen molar-refractivity contribution in [3.8, 4) is 0 Å². The van der Waals surface area contributed by atoms with Gasteiger partial charge in [0.1, 0.15) is 11.6 Å². The highest BCUT2D eigenvalue weighted by atomic mass is 32.2. The van der Waals surface area contributed by atoms with Crippen molar-refractivity contribution in [2.45, 2.75) is 30.3 Å². The maximum atomic E-state index is 12.6. The van der Waals surface area contributed by atoms with Gasteiger partial charge in [-0.3, -0.25) is 4.79 Å². The first-order valence-corrected chi connectivity index (χ1v) is 10.1. The van der Waals surface area contributed by atoms with Crippen LogP contribution in [0.4, 0.5) is 5.82 Å². The zero-order chi connectivity index (χ0) is 19.8. The summed E-state index contributed by atoms with van der Waals surface area (Å²) in [5.41, 5.74) is 0.839. The second-order valence-electron chi connectivity index (χ2n) is 6.10. The van der Waals surface area contributed by atoms with Gasteiger partial charge in [0.25, 0.3) is 0 Å². The van der Waals surface area contributed by atoms with E-state index in [1.165, 1.54) is 11.8 Å². The molecule has 2 N–H and O–H groups in total. The van der Waals surface area contributed by atoms with E-state index in [0.29, 0.717) is 31.3 Å². The van der Waals surface area contributed by atoms with Crippen LogP contribution < -0.4 is 10.6 Å². The van der Waals surface area contributed by atoms with Crippen LogP contribution in [0.15, 0.2) is 52.2 Å². The van der Waals surface area contributed by atoms with Crippen LogP contribution in [0.3, 0.4) is 0 Å². The number of methoxy groups -OCH3 is 1. The summed E-state index contributed by atoms with van der Waals surface area (Å²) in [6, 6.07) is 11.5. The van der Waals surface area contributed by atoms with E-state index in [2.05, 4.69) is 20.6 Å². The molecule has 1 aromatic carbocycles. The number of thioether (sulfide) groups is 1. The lowest BCUT2D eigenvalue weighted by Gasteiger charge is -2.15. The largest absolute Gasteiger partial charge is 0.467 e. The van der Waals surface area contributed by atoms with E-state index >= 15 is 0 Å². The summed E-state index contributed by atoms with van der Waals surface area (Å²) in [5.74, 6) is 1.41. The van der Waals surface area contributed by atoms with Gasteiger partial charge < -0.3 is 19.8 Å². The van der Waals surface area contributed by atoms with Crippen LogP contribution in [0, 0.1) is 0 Å². The lowest BCUT2D eigenvalue weighted by molar-refractivity contribution is -0.120. The van der Waals surface area contributed by atoms with E-state index in [0.717, 1.165) is 22.5 Å². The minimum atomic E-state index is -0.289. The molecule has 28 heavy (non-hydrogen) atoms. The number of anilines is 1. The Morgan fingerprint density at radius 1 is 1.25 bits per heavy atom. The summed E-state index contributed by atoms with van der Waals surface area (Å²) in [4.78, 5) is 21.8. The predicted molar refractivity (Wildman–Crippen MR) is 110 cm³/mol. The van der Waals surface area contributed by atoms with Gasteiger partial charge in [-0.25, -0.2) is 9.97 Å². The van der Waals surface area contributed by atoms with Gasteiger partial charge in [-0.1, -0.05) is 30.8 Å². The van der Waals surface area contributed by atoms with Crippen molar-refractivity contribution in [2.75, 3.05) is 25.6 Å². The fraction of sp³-hybridized carbons (Fsp3) is 0.350. The Kier molecular flexibility index (Phi) is 7.27. The first-order valence-electron chi connectivity index (χ1n) is 9.17. The average molecular weight is 401 g/mol. The third kappa shape index (κ3) is 5.24. The molecule has 148 valence electrons. The third-order valence-corrected chi connectivity index (χ3v) is 5.33. The van der Waals surface area contributed by atoms with Crippen molar-refractivity contribution in [1.29, 1.82) is 0 Å². The Labute approximate surface area is 168 Å². The smallest absolute Gasteiger partial charge is 0.233 e. The molecule has 2 aromatic heterocycles. The van der Waals surface area contributed by atoms with Gasteiger partial charge in [-0.05, 0) is 30.7 Å². The third-order valence-electron chi connectivity index (χ3n) is 4.11. The highest BCUT2D eigenvalue weighted by molar-refractivity contribution is 8.00. The molecule has 8 heteroatoms. The van der Waals surface area contributed by atoms with Crippen molar-refractivity contribution in [3.63, 3.8) is 0 Å². The number of fused-ring (bicyclic) bond motifs is 1. The number of para-hydroxylation sites is 1. The topological polar surface area (TPSA) is 89.3 Å². The molecule has 0 aliphatic rings. The number of carbonyl (C=O) groups excluding carboxylic acids is 1. The van der Waals surface area contributed by atoms with Crippen molar-refractivity contribution in [3.05, 3.63) is 48.4 Å². The highest BCUT2D eigenvalue weighted by Crippen LogP contribution is 2.28. The Balaban J connectivity index is 1.74. The number of hydrogen-bond donors (Lipinski definition) is 2. The molecule has 3 rings (SSSR count).